The van der Waals surface area contributed by atoms with Crippen molar-refractivity contribution in [3.8, 4) is 0 Å². The number of amides is 1. The monoisotopic (exact) mass is 555 g/mol. The van der Waals surface area contributed by atoms with Crippen LogP contribution < -0.4 is 5.32 Å². The highest BCUT2D eigenvalue weighted by molar-refractivity contribution is 7.99. The maximum atomic E-state index is 12.2. The van der Waals surface area contributed by atoms with Gasteiger partial charge in [-0.2, -0.15) is 11.8 Å². The Labute approximate surface area is 235 Å². The number of aliphatic carboxylic acids is 2. The van der Waals surface area contributed by atoms with Crippen LogP contribution in [0.15, 0.2) is 11.6 Å². The molecule has 4 unspecified atom stereocenters. The number of ketones is 1. The molecule has 8 heteroatoms. The maximum absolute atomic E-state index is 12.2. The highest BCUT2D eigenvalue weighted by atomic mass is 32.2. The Balaban J connectivity index is 4.22. The van der Waals surface area contributed by atoms with Crippen LogP contribution in [0.1, 0.15) is 112 Å². The minimum absolute atomic E-state index is 0.247. The summed E-state index contributed by atoms with van der Waals surface area (Å²) >= 11 is 1.46. The van der Waals surface area contributed by atoms with Gasteiger partial charge in [0, 0.05) is 31.3 Å². The van der Waals surface area contributed by atoms with E-state index in [4.69, 9.17) is 5.11 Å². The molecule has 220 valence electrons. The Morgan fingerprint density at radius 3 is 1.84 bits per heavy atom. The molecule has 0 aromatic rings. The quantitative estimate of drug-likeness (QED) is 0.0942. The molecule has 3 N–H and O–H groups in total. The molecule has 0 aliphatic heterocycles. The molecule has 7 nitrogen and oxygen atoms in total. The standard InChI is InChI=1S/C30H53NO6S/c1-21(2)10-7-11-22(3)12-8-13-23(4)14-9-15-24(5)16-17-38-20-26(29(34)35)18-27(33)19-28(30(36)37)31-25(6)32/h16,21-23,26,28H,7-15,17-20H2,1-6H3,(H,31,32)(H,34,35)(H,36,37)/b24-16+. The summed E-state index contributed by atoms with van der Waals surface area (Å²) in [5.41, 5.74) is 1.30. The Kier molecular flexibility index (Phi) is 20.0. The number of rotatable bonds is 23. The lowest BCUT2D eigenvalue weighted by molar-refractivity contribution is -0.144. The smallest absolute Gasteiger partial charge is 0.326 e. The van der Waals surface area contributed by atoms with Crippen molar-refractivity contribution < 1.29 is 29.4 Å². The van der Waals surface area contributed by atoms with Crippen molar-refractivity contribution in [1.82, 2.24) is 5.32 Å². The third-order valence-corrected chi connectivity index (χ3v) is 7.98. The molecule has 0 aromatic carbocycles. The zero-order valence-corrected chi connectivity index (χ0v) is 25.4. The molecule has 0 bridgehead atoms. The Hall–Kier alpha value is -1.83. The molecule has 0 aromatic heterocycles. The minimum Gasteiger partial charge on any atom is -0.481 e. The van der Waals surface area contributed by atoms with Crippen LogP contribution in [-0.4, -0.2) is 51.4 Å². The molecule has 4 atom stereocenters. The zero-order valence-electron chi connectivity index (χ0n) is 24.6. The Morgan fingerprint density at radius 1 is 0.789 bits per heavy atom. The summed E-state index contributed by atoms with van der Waals surface area (Å²) < 4.78 is 0. The van der Waals surface area contributed by atoms with Crippen LogP contribution in [0, 0.1) is 23.7 Å². The van der Waals surface area contributed by atoms with Crippen molar-refractivity contribution in [3.05, 3.63) is 11.6 Å². The molecule has 0 saturated heterocycles. The summed E-state index contributed by atoms with van der Waals surface area (Å²) in [4.78, 5) is 46.1. The number of carbonyl (C=O) groups excluding carboxylic acids is 2. The average molecular weight is 556 g/mol. The lowest BCUT2D eigenvalue weighted by Crippen LogP contribution is -2.41. The summed E-state index contributed by atoms with van der Waals surface area (Å²) in [5, 5.41) is 20.8. The first-order valence-corrected chi connectivity index (χ1v) is 15.4. The lowest BCUT2D eigenvalue weighted by atomic mass is 9.91. The topological polar surface area (TPSA) is 121 Å². The van der Waals surface area contributed by atoms with Crippen molar-refractivity contribution in [2.75, 3.05) is 11.5 Å². The molecule has 0 radical (unpaired) electrons. The van der Waals surface area contributed by atoms with E-state index in [1.807, 2.05) is 0 Å². The average Bonchev–Trinajstić information content (AvgIpc) is 2.79. The molecular formula is C30H53NO6S. The predicted molar refractivity (Wildman–Crippen MR) is 156 cm³/mol. The second kappa shape index (κ2) is 21.0. The van der Waals surface area contributed by atoms with E-state index in [1.165, 1.54) is 69.2 Å². The van der Waals surface area contributed by atoms with E-state index in [2.05, 4.69) is 46.0 Å². The van der Waals surface area contributed by atoms with Gasteiger partial charge in [-0.25, -0.2) is 4.79 Å². The SMILES string of the molecule is CC(=O)NC(CC(=O)CC(CSC/C=C(\C)CCCC(C)CCCC(C)CCCC(C)C)C(=O)O)C(=O)O. The summed E-state index contributed by atoms with van der Waals surface area (Å²) in [6.07, 6.45) is 12.8. The number of hydrogen-bond acceptors (Lipinski definition) is 5. The normalized spacial score (nSPS) is 15.1. The van der Waals surface area contributed by atoms with E-state index in [-0.39, 0.29) is 12.2 Å². The third-order valence-electron chi connectivity index (χ3n) is 6.94. The molecule has 0 saturated carbocycles. The molecule has 0 spiro atoms. The number of Topliss-reactive ketones (excluding diaryl/α,β-unsaturated/α-hetero) is 1. The van der Waals surface area contributed by atoms with Gasteiger partial charge in [0.2, 0.25) is 5.91 Å². The Bertz CT molecular complexity index is 751. The van der Waals surface area contributed by atoms with Crippen molar-refractivity contribution >= 4 is 35.4 Å². The van der Waals surface area contributed by atoms with Crippen molar-refractivity contribution in [2.45, 2.75) is 118 Å². The summed E-state index contributed by atoms with van der Waals surface area (Å²) in [5.74, 6) is -0.985. The molecule has 38 heavy (non-hydrogen) atoms. The second-order valence-electron chi connectivity index (χ2n) is 11.5. The van der Waals surface area contributed by atoms with Crippen LogP contribution in [0.25, 0.3) is 0 Å². The number of allylic oxidation sites excluding steroid dienone is 1. The number of carbonyl (C=O) groups is 4. The van der Waals surface area contributed by atoms with E-state index in [9.17, 15) is 24.3 Å². The van der Waals surface area contributed by atoms with E-state index in [0.717, 1.165) is 30.6 Å². The minimum atomic E-state index is -1.33. The van der Waals surface area contributed by atoms with Crippen LogP contribution in [0.2, 0.25) is 0 Å². The van der Waals surface area contributed by atoms with Crippen LogP contribution in [0.4, 0.5) is 0 Å². The molecule has 1 amide bonds. The molecule has 0 fully saturated rings. The van der Waals surface area contributed by atoms with Gasteiger partial charge in [0.05, 0.1) is 5.92 Å². The molecular weight excluding hydrogens is 502 g/mol. The number of thioether (sulfide) groups is 1. The van der Waals surface area contributed by atoms with Crippen molar-refractivity contribution in [2.24, 2.45) is 23.7 Å². The first-order chi connectivity index (χ1) is 17.8. The van der Waals surface area contributed by atoms with Gasteiger partial charge in [-0.05, 0) is 37.5 Å². The van der Waals surface area contributed by atoms with Gasteiger partial charge in [0.15, 0.2) is 0 Å². The van der Waals surface area contributed by atoms with E-state index in [0.29, 0.717) is 5.75 Å². The number of nitrogens with one attached hydrogen (secondary N) is 1. The fraction of sp³-hybridized carbons (Fsp3) is 0.800. The summed E-state index contributed by atoms with van der Waals surface area (Å²) in [7, 11) is 0. The maximum Gasteiger partial charge on any atom is 0.326 e. The number of hydrogen-bond donors (Lipinski definition) is 3. The van der Waals surface area contributed by atoms with Crippen LogP contribution >= 0.6 is 11.8 Å². The van der Waals surface area contributed by atoms with Crippen LogP contribution in [0.5, 0.6) is 0 Å². The van der Waals surface area contributed by atoms with E-state index in [1.54, 1.807) is 0 Å². The van der Waals surface area contributed by atoms with E-state index >= 15 is 0 Å². The van der Waals surface area contributed by atoms with Gasteiger partial charge in [-0.1, -0.05) is 84.3 Å². The lowest BCUT2D eigenvalue weighted by Gasteiger charge is -2.15. The second-order valence-corrected chi connectivity index (χ2v) is 12.6. The van der Waals surface area contributed by atoms with Gasteiger partial charge in [0.1, 0.15) is 11.8 Å². The summed E-state index contributed by atoms with van der Waals surface area (Å²) in [6, 6.07) is -1.33. The summed E-state index contributed by atoms with van der Waals surface area (Å²) in [6.45, 7) is 12.6. The van der Waals surface area contributed by atoms with E-state index < -0.39 is 42.0 Å². The van der Waals surface area contributed by atoms with Gasteiger partial charge in [0.25, 0.3) is 0 Å². The van der Waals surface area contributed by atoms with Gasteiger partial charge in [-0.3, -0.25) is 14.4 Å². The molecule has 0 aliphatic carbocycles. The molecule has 0 aliphatic rings. The molecule has 0 rings (SSSR count). The predicted octanol–water partition coefficient (Wildman–Crippen LogP) is 6.74. The fourth-order valence-electron chi connectivity index (χ4n) is 4.47. The third kappa shape index (κ3) is 20.2. The zero-order chi connectivity index (χ0) is 29.1. The first-order valence-electron chi connectivity index (χ1n) is 14.3. The van der Waals surface area contributed by atoms with Gasteiger partial charge >= 0.3 is 11.9 Å². The highest BCUT2D eigenvalue weighted by Crippen LogP contribution is 2.22. The Morgan fingerprint density at radius 2 is 1.34 bits per heavy atom. The van der Waals surface area contributed by atoms with Crippen LogP contribution in [0.3, 0.4) is 0 Å². The van der Waals surface area contributed by atoms with Crippen LogP contribution in [-0.2, 0) is 19.2 Å². The van der Waals surface area contributed by atoms with Crippen molar-refractivity contribution in [3.63, 3.8) is 0 Å². The number of carboxylic acids is 2. The van der Waals surface area contributed by atoms with Gasteiger partial charge in [-0.15, -0.1) is 0 Å². The fourth-order valence-corrected chi connectivity index (χ4v) is 5.55. The largest absolute Gasteiger partial charge is 0.481 e. The first kappa shape index (κ1) is 36.2. The van der Waals surface area contributed by atoms with Crippen molar-refractivity contribution in [1.29, 1.82) is 0 Å². The molecule has 0 heterocycles. The van der Waals surface area contributed by atoms with Gasteiger partial charge < -0.3 is 15.5 Å². The number of carboxylic acid groups (broad SMARTS) is 2. The highest BCUT2D eigenvalue weighted by Gasteiger charge is 2.26.